The highest BCUT2D eigenvalue weighted by molar-refractivity contribution is 5.82. The summed E-state index contributed by atoms with van der Waals surface area (Å²) in [6.07, 6.45) is 1.90. The van der Waals surface area contributed by atoms with Crippen molar-refractivity contribution in [3.63, 3.8) is 0 Å². The van der Waals surface area contributed by atoms with E-state index in [2.05, 4.69) is 31.0 Å². The van der Waals surface area contributed by atoms with Crippen LogP contribution in [0.2, 0.25) is 0 Å². The molecule has 1 amide bonds. The molecule has 0 bridgehead atoms. The van der Waals surface area contributed by atoms with Crippen molar-refractivity contribution in [2.24, 2.45) is 5.41 Å². The predicted molar refractivity (Wildman–Crippen MR) is 82.3 cm³/mol. The van der Waals surface area contributed by atoms with Gasteiger partial charge in [-0.15, -0.1) is 0 Å². The number of carbonyl (C=O) groups is 1. The molecule has 1 aliphatic heterocycles. The summed E-state index contributed by atoms with van der Waals surface area (Å²) in [6.45, 7) is 9.21. The number of nitrogens with one attached hydrogen (secondary N) is 1. The van der Waals surface area contributed by atoms with E-state index >= 15 is 0 Å². The summed E-state index contributed by atoms with van der Waals surface area (Å²) >= 11 is 0. The van der Waals surface area contributed by atoms with Crippen molar-refractivity contribution in [2.45, 2.75) is 46.2 Å². The van der Waals surface area contributed by atoms with Gasteiger partial charge in [0.2, 0.25) is 5.91 Å². The molecule has 1 N–H and O–H groups in total. The number of hydrogen-bond donors (Lipinski definition) is 1. The average molecular weight is 274 g/mol. The molecule has 0 aromatic heterocycles. The average Bonchev–Trinajstić information content (AvgIpc) is 2.46. The Morgan fingerprint density at radius 3 is 2.40 bits per heavy atom. The summed E-state index contributed by atoms with van der Waals surface area (Å²) in [6, 6.07) is 10.7. The van der Waals surface area contributed by atoms with Crippen molar-refractivity contribution in [1.82, 2.24) is 10.2 Å². The minimum absolute atomic E-state index is 0.199. The van der Waals surface area contributed by atoms with Gasteiger partial charge in [-0.3, -0.25) is 4.79 Å². The van der Waals surface area contributed by atoms with Crippen molar-refractivity contribution >= 4 is 5.91 Å². The Labute approximate surface area is 122 Å². The first kappa shape index (κ1) is 15.0. The molecule has 1 aromatic rings. The number of hydrogen-bond acceptors (Lipinski definition) is 2. The number of piperidine rings is 1. The van der Waals surface area contributed by atoms with Crippen LogP contribution in [0, 0.1) is 5.41 Å². The molecule has 0 aliphatic carbocycles. The Morgan fingerprint density at radius 2 is 1.85 bits per heavy atom. The third-order valence-corrected chi connectivity index (χ3v) is 4.48. The van der Waals surface area contributed by atoms with Gasteiger partial charge in [-0.25, -0.2) is 0 Å². The topological polar surface area (TPSA) is 32.3 Å². The molecule has 3 heteroatoms. The van der Waals surface area contributed by atoms with E-state index in [1.54, 1.807) is 0 Å². The van der Waals surface area contributed by atoms with Gasteiger partial charge in [-0.05, 0) is 45.3 Å². The molecular weight excluding hydrogens is 248 g/mol. The van der Waals surface area contributed by atoms with Gasteiger partial charge in [0.05, 0.1) is 0 Å². The SMILES string of the molecule is CC(C)N1CCC(C)(C(=O)NCc2ccccc2)CC1. The second kappa shape index (κ2) is 6.40. The summed E-state index contributed by atoms with van der Waals surface area (Å²) in [4.78, 5) is 14.9. The van der Waals surface area contributed by atoms with Gasteiger partial charge in [0.25, 0.3) is 0 Å². The van der Waals surface area contributed by atoms with E-state index in [1.165, 1.54) is 0 Å². The van der Waals surface area contributed by atoms with Crippen molar-refractivity contribution in [3.05, 3.63) is 35.9 Å². The molecule has 110 valence electrons. The Bertz CT molecular complexity index is 434. The predicted octanol–water partition coefficient (Wildman–Crippen LogP) is 2.81. The van der Waals surface area contributed by atoms with Gasteiger partial charge in [-0.2, -0.15) is 0 Å². The fourth-order valence-corrected chi connectivity index (χ4v) is 2.75. The lowest BCUT2D eigenvalue weighted by molar-refractivity contribution is -0.133. The van der Waals surface area contributed by atoms with E-state index in [4.69, 9.17) is 0 Å². The second-order valence-corrected chi connectivity index (χ2v) is 6.36. The van der Waals surface area contributed by atoms with E-state index in [1.807, 2.05) is 30.3 Å². The van der Waals surface area contributed by atoms with Crippen LogP contribution in [-0.4, -0.2) is 29.9 Å². The minimum Gasteiger partial charge on any atom is -0.352 e. The van der Waals surface area contributed by atoms with E-state index < -0.39 is 0 Å². The van der Waals surface area contributed by atoms with Crippen molar-refractivity contribution in [1.29, 1.82) is 0 Å². The Morgan fingerprint density at radius 1 is 1.25 bits per heavy atom. The first-order chi connectivity index (χ1) is 9.51. The van der Waals surface area contributed by atoms with E-state index in [-0.39, 0.29) is 11.3 Å². The zero-order valence-corrected chi connectivity index (χ0v) is 12.9. The summed E-state index contributed by atoms with van der Waals surface area (Å²) in [5, 5.41) is 3.10. The number of likely N-dealkylation sites (tertiary alicyclic amines) is 1. The highest BCUT2D eigenvalue weighted by atomic mass is 16.2. The molecule has 3 nitrogen and oxygen atoms in total. The number of nitrogens with zero attached hydrogens (tertiary/aromatic N) is 1. The van der Waals surface area contributed by atoms with Crippen molar-refractivity contribution in [2.75, 3.05) is 13.1 Å². The van der Waals surface area contributed by atoms with Crippen LogP contribution in [-0.2, 0) is 11.3 Å². The number of rotatable bonds is 4. The Kier molecular flexibility index (Phi) is 4.81. The molecule has 1 fully saturated rings. The highest BCUT2D eigenvalue weighted by Gasteiger charge is 2.37. The fourth-order valence-electron chi connectivity index (χ4n) is 2.75. The summed E-state index contributed by atoms with van der Waals surface area (Å²) in [5.41, 5.74) is 0.948. The molecule has 0 radical (unpaired) electrons. The van der Waals surface area contributed by atoms with Gasteiger partial charge in [0.1, 0.15) is 0 Å². The summed E-state index contributed by atoms with van der Waals surface area (Å²) in [5.74, 6) is 0.199. The smallest absolute Gasteiger partial charge is 0.226 e. The van der Waals surface area contributed by atoms with Gasteiger partial charge in [0, 0.05) is 18.0 Å². The molecule has 1 saturated heterocycles. The minimum atomic E-state index is -0.208. The first-order valence-corrected chi connectivity index (χ1v) is 7.57. The Balaban J connectivity index is 1.86. The molecule has 2 rings (SSSR count). The van der Waals surface area contributed by atoms with Crippen LogP contribution in [0.15, 0.2) is 30.3 Å². The quantitative estimate of drug-likeness (QED) is 0.915. The molecular formula is C17H26N2O. The van der Waals surface area contributed by atoms with Crippen LogP contribution in [0.1, 0.15) is 39.2 Å². The van der Waals surface area contributed by atoms with Crippen LogP contribution in [0.5, 0.6) is 0 Å². The van der Waals surface area contributed by atoms with E-state index in [0.717, 1.165) is 31.5 Å². The first-order valence-electron chi connectivity index (χ1n) is 7.57. The summed E-state index contributed by atoms with van der Waals surface area (Å²) in [7, 11) is 0. The third kappa shape index (κ3) is 3.60. The molecule has 0 saturated carbocycles. The molecule has 1 heterocycles. The lowest BCUT2D eigenvalue weighted by atomic mass is 9.79. The third-order valence-electron chi connectivity index (χ3n) is 4.48. The van der Waals surface area contributed by atoms with Crippen molar-refractivity contribution < 1.29 is 4.79 Å². The van der Waals surface area contributed by atoms with Crippen LogP contribution < -0.4 is 5.32 Å². The maximum absolute atomic E-state index is 12.4. The molecule has 1 aliphatic rings. The number of amides is 1. The summed E-state index contributed by atoms with van der Waals surface area (Å²) < 4.78 is 0. The standard InChI is InChI=1S/C17H26N2O/c1-14(2)19-11-9-17(3,10-12-19)16(20)18-13-15-7-5-4-6-8-15/h4-8,14H,9-13H2,1-3H3,(H,18,20). The van der Waals surface area contributed by atoms with Gasteiger partial charge >= 0.3 is 0 Å². The van der Waals surface area contributed by atoms with Crippen molar-refractivity contribution in [3.8, 4) is 0 Å². The highest BCUT2D eigenvalue weighted by Crippen LogP contribution is 2.31. The largest absolute Gasteiger partial charge is 0.352 e. The van der Waals surface area contributed by atoms with E-state index in [0.29, 0.717) is 12.6 Å². The molecule has 0 spiro atoms. The van der Waals surface area contributed by atoms with Gasteiger partial charge in [0.15, 0.2) is 0 Å². The number of benzene rings is 1. The van der Waals surface area contributed by atoms with Gasteiger partial charge in [-0.1, -0.05) is 37.3 Å². The Hall–Kier alpha value is -1.35. The van der Waals surface area contributed by atoms with Crippen LogP contribution in [0.3, 0.4) is 0 Å². The maximum atomic E-state index is 12.4. The van der Waals surface area contributed by atoms with Crippen LogP contribution in [0.4, 0.5) is 0 Å². The zero-order chi connectivity index (χ0) is 14.6. The van der Waals surface area contributed by atoms with Crippen LogP contribution in [0.25, 0.3) is 0 Å². The maximum Gasteiger partial charge on any atom is 0.226 e. The lowest BCUT2D eigenvalue weighted by Crippen LogP contribution is -2.48. The van der Waals surface area contributed by atoms with Crippen LogP contribution >= 0.6 is 0 Å². The zero-order valence-electron chi connectivity index (χ0n) is 12.9. The fraction of sp³-hybridized carbons (Fsp3) is 0.588. The monoisotopic (exact) mass is 274 g/mol. The normalized spacial score (nSPS) is 19.0. The molecule has 0 atom stereocenters. The second-order valence-electron chi connectivity index (χ2n) is 6.36. The van der Waals surface area contributed by atoms with E-state index in [9.17, 15) is 4.79 Å². The molecule has 1 aromatic carbocycles. The molecule has 0 unspecified atom stereocenters. The lowest BCUT2D eigenvalue weighted by Gasteiger charge is -2.40. The van der Waals surface area contributed by atoms with Gasteiger partial charge < -0.3 is 10.2 Å². The number of carbonyl (C=O) groups excluding carboxylic acids is 1. The molecule has 20 heavy (non-hydrogen) atoms.